The van der Waals surface area contributed by atoms with Crippen LogP contribution in [-0.4, -0.2) is 47.6 Å². The fourth-order valence-corrected chi connectivity index (χ4v) is 4.81. The average molecular weight is 544 g/mol. The molecule has 4 rings (SSSR count). The van der Waals surface area contributed by atoms with Gasteiger partial charge in [-0.3, -0.25) is 14.5 Å². The third-order valence-electron chi connectivity index (χ3n) is 6.86. The Labute approximate surface area is 235 Å². The van der Waals surface area contributed by atoms with Crippen LogP contribution in [0.25, 0.3) is 11.0 Å². The van der Waals surface area contributed by atoms with E-state index in [1.54, 1.807) is 34.9 Å². The van der Waals surface area contributed by atoms with Crippen molar-refractivity contribution in [2.24, 2.45) is 5.92 Å². The van der Waals surface area contributed by atoms with Gasteiger partial charge in [0.25, 0.3) is 0 Å². The lowest BCUT2D eigenvalue weighted by atomic mass is 9.99. The number of methoxy groups -OCH3 is 2. The van der Waals surface area contributed by atoms with Gasteiger partial charge in [-0.1, -0.05) is 68.4 Å². The van der Waals surface area contributed by atoms with Gasteiger partial charge in [-0.25, -0.2) is 4.68 Å². The molecule has 1 aromatic heterocycles. The minimum atomic E-state index is -1.04. The van der Waals surface area contributed by atoms with E-state index in [2.05, 4.69) is 29.5 Å². The summed E-state index contributed by atoms with van der Waals surface area (Å²) in [4.78, 5) is 30.0. The van der Waals surface area contributed by atoms with Crippen LogP contribution in [-0.2, 0) is 22.6 Å². The van der Waals surface area contributed by atoms with E-state index in [4.69, 9.17) is 9.47 Å². The summed E-state index contributed by atoms with van der Waals surface area (Å²) in [6.45, 7) is 6.59. The Morgan fingerprint density at radius 1 is 0.975 bits per heavy atom. The Kier molecular flexibility index (Phi) is 9.37. The number of hydrogen-bond donors (Lipinski definition) is 1. The number of fused-ring (bicyclic) bond motifs is 1. The highest BCUT2D eigenvalue weighted by Crippen LogP contribution is 2.40. The number of para-hydroxylation sites is 3. The largest absolute Gasteiger partial charge is 0.493 e. The molecule has 0 unspecified atom stereocenters. The fraction of sp³-hybridized carbons (Fsp3) is 0.355. The van der Waals surface area contributed by atoms with Crippen LogP contribution in [0.1, 0.15) is 44.4 Å². The molecule has 1 atom stereocenters. The van der Waals surface area contributed by atoms with Gasteiger partial charge in [0.15, 0.2) is 11.5 Å². The molecule has 0 aliphatic rings. The molecule has 0 spiro atoms. The van der Waals surface area contributed by atoms with E-state index in [0.29, 0.717) is 47.2 Å². The van der Waals surface area contributed by atoms with E-state index in [-0.39, 0.29) is 18.4 Å². The number of carbonyl (C=O) groups excluding carboxylic acids is 2. The highest BCUT2D eigenvalue weighted by atomic mass is 16.5. The highest BCUT2D eigenvalue weighted by molar-refractivity contribution is 6.02. The number of anilines is 1. The van der Waals surface area contributed by atoms with Crippen molar-refractivity contribution in [2.75, 3.05) is 25.7 Å². The maximum Gasteiger partial charge on any atom is 0.249 e. The summed E-state index contributed by atoms with van der Waals surface area (Å²) < 4.78 is 12.9. The molecular formula is C31H37N5O4. The zero-order chi connectivity index (χ0) is 28.6. The first-order valence-corrected chi connectivity index (χ1v) is 13.6. The summed E-state index contributed by atoms with van der Waals surface area (Å²) >= 11 is 0. The van der Waals surface area contributed by atoms with Crippen molar-refractivity contribution in [3.63, 3.8) is 0 Å². The number of nitrogens with zero attached hydrogens (tertiary/aromatic N) is 4. The van der Waals surface area contributed by atoms with Gasteiger partial charge in [0.05, 0.1) is 19.7 Å². The molecule has 3 aromatic carbocycles. The van der Waals surface area contributed by atoms with Crippen LogP contribution >= 0.6 is 0 Å². The zero-order valence-electron chi connectivity index (χ0n) is 23.8. The lowest BCUT2D eigenvalue weighted by Gasteiger charge is -2.33. The number of hydrogen-bond acceptors (Lipinski definition) is 6. The molecule has 0 bridgehead atoms. The molecule has 9 heteroatoms. The molecule has 1 N–H and O–H groups in total. The van der Waals surface area contributed by atoms with E-state index >= 15 is 0 Å². The lowest BCUT2D eigenvalue weighted by Crippen LogP contribution is -2.46. The Hall–Kier alpha value is -4.40. The second kappa shape index (κ2) is 13.1. The number of ether oxygens (including phenoxy) is 2. The van der Waals surface area contributed by atoms with E-state index in [9.17, 15) is 9.59 Å². The van der Waals surface area contributed by atoms with Crippen LogP contribution in [0.2, 0.25) is 0 Å². The zero-order valence-corrected chi connectivity index (χ0v) is 23.8. The first-order chi connectivity index (χ1) is 19.4. The molecule has 1 heterocycles. The summed E-state index contributed by atoms with van der Waals surface area (Å²) in [6, 6.07) is 19.4. The number of aryl methyl sites for hydroxylation is 1. The predicted molar refractivity (Wildman–Crippen MR) is 156 cm³/mol. The molecule has 0 radical (unpaired) electrons. The monoisotopic (exact) mass is 543 g/mol. The molecule has 0 fully saturated rings. The number of benzene rings is 3. The van der Waals surface area contributed by atoms with E-state index in [1.165, 1.54) is 7.11 Å². The van der Waals surface area contributed by atoms with Gasteiger partial charge in [-0.05, 0) is 48.6 Å². The summed E-state index contributed by atoms with van der Waals surface area (Å²) in [5.41, 5.74) is 3.52. The first kappa shape index (κ1) is 28.6. The smallest absolute Gasteiger partial charge is 0.249 e. The average Bonchev–Trinajstić information content (AvgIpc) is 3.37. The van der Waals surface area contributed by atoms with Gasteiger partial charge < -0.3 is 14.8 Å². The molecule has 9 nitrogen and oxygen atoms in total. The van der Waals surface area contributed by atoms with Crippen LogP contribution in [0.5, 0.6) is 11.5 Å². The Bertz CT molecular complexity index is 1470. The van der Waals surface area contributed by atoms with Crippen LogP contribution in [0.15, 0.2) is 66.7 Å². The maximum atomic E-state index is 14.4. The lowest BCUT2D eigenvalue weighted by molar-refractivity contribution is -0.127. The minimum absolute atomic E-state index is 0.110. The van der Waals surface area contributed by atoms with Crippen molar-refractivity contribution >= 4 is 28.5 Å². The Morgan fingerprint density at radius 2 is 1.73 bits per heavy atom. The van der Waals surface area contributed by atoms with Crippen LogP contribution in [0, 0.1) is 5.92 Å². The van der Waals surface area contributed by atoms with Crippen molar-refractivity contribution < 1.29 is 19.1 Å². The summed E-state index contributed by atoms with van der Waals surface area (Å²) in [7, 11) is 3.08. The molecule has 2 amide bonds. The first-order valence-electron chi connectivity index (χ1n) is 13.6. The van der Waals surface area contributed by atoms with Crippen molar-refractivity contribution in [2.45, 2.75) is 46.2 Å². The molecule has 0 aliphatic carbocycles. The normalized spacial score (nSPS) is 11.8. The number of aromatic nitrogens is 3. The number of rotatable bonds is 12. The van der Waals surface area contributed by atoms with Gasteiger partial charge in [0, 0.05) is 17.8 Å². The van der Waals surface area contributed by atoms with Crippen LogP contribution in [0.3, 0.4) is 0 Å². The van der Waals surface area contributed by atoms with Gasteiger partial charge in [0.1, 0.15) is 18.1 Å². The molecule has 4 aromatic rings. The van der Waals surface area contributed by atoms with Gasteiger partial charge in [0.2, 0.25) is 11.8 Å². The maximum absolute atomic E-state index is 14.4. The minimum Gasteiger partial charge on any atom is -0.493 e. The van der Waals surface area contributed by atoms with Crippen molar-refractivity contribution in [3.8, 4) is 11.5 Å². The molecule has 0 aliphatic heterocycles. The van der Waals surface area contributed by atoms with Gasteiger partial charge in [-0.2, -0.15) is 0 Å². The predicted octanol–water partition coefficient (Wildman–Crippen LogP) is 4.95. The van der Waals surface area contributed by atoms with Crippen molar-refractivity contribution in [3.05, 3.63) is 77.9 Å². The number of amides is 2. The van der Waals surface area contributed by atoms with Gasteiger partial charge >= 0.3 is 0 Å². The second-order valence-corrected chi connectivity index (χ2v) is 9.94. The molecule has 0 saturated carbocycles. The molecule has 0 saturated heterocycles. The van der Waals surface area contributed by atoms with E-state index in [1.807, 2.05) is 55.5 Å². The van der Waals surface area contributed by atoms with E-state index in [0.717, 1.165) is 17.5 Å². The number of nitrogens with one attached hydrogen (secondary N) is 1. The third-order valence-corrected chi connectivity index (χ3v) is 6.86. The standard InChI is InChI=1S/C31H37N5O4/c1-6-22-12-7-9-15-25(22)36(28(37)20-35-26-16-10-8-14-24(26)33-34-35)29(31(38)32-19-18-21(2)3)23-13-11-17-27(39-4)30(23)40-5/h7-17,21,29H,6,18-20H2,1-5H3,(H,32,38)/t29-/m0/s1. The quantitative estimate of drug-likeness (QED) is 0.272. The fourth-order valence-electron chi connectivity index (χ4n) is 4.81. The van der Waals surface area contributed by atoms with Crippen molar-refractivity contribution in [1.82, 2.24) is 20.3 Å². The Morgan fingerprint density at radius 3 is 2.45 bits per heavy atom. The van der Waals surface area contributed by atoms with Crippen LogP contribution < -0.4 is 19.7 Å². The van der Waals surface area contributed by atoms with Crippen molar-refractivity contribution in [1.29, 1.82) is 0 Å². The van der Waals surface area contributed by atoms with E-state index < -0.39 is 6.04 Å². The summed E-state index contributed by atoms with van der Waals surface area (Å²) in [5, 5.41) is 11.5. The number of carbonyl (C=O) groups is 2. The van der Waals surface area contributed by atoms with Crippen LogP contribution in [0.4, 0.5) is 5.69 Å². The molecular weight excluding hydrogens is 506 g/mol. The topological polar surface area (TPSA) is 98.6 Å². The second-order valence-electron chi connectivity index (χ2n) is 9.94. The Balaban J connectivity index is 1.88. The molecule has 210 valence electrons. The third kappa shape index (κ3) is 6.09. The van der Waals surface area contributed by atoms with Gasteiger partial charge in [-0.15, -0.1) is 5.10 Å². The SMILES string of the molecule is CCc1ccccc1N(C(=O)Cn1nnc2ccccc21)[C@H](C(=O)NCCC(C)C)c1cccc(OC)c1OC. The highest BCUT2D eigenvalue weighted by Gasteiger charge is 2.36. The molecule has 40 heavy (non-hydrogen) atoms. The summed E-state index contributed by atoms with van der Waals surface area (Å²) in [6.07, 6.45) is 1.47. The summed E-state index contributed by atoms with van der Waals surface area (Å²) in [5.74, 6) is 0.648.